The van der Waals surface area contributed by atoms with Crippen molar-refractivity contribution in [2.75, 3.05) is 25.5 Å². The Hall–Kier alpha value is -1.46. The van der Waals surface area contributed by atoms with Crippen LogP contribution in [-0.4, -0.2) is 36.7 Å². The lowest BCUT2D eigenvalue weighted by atomic mass is 9.91. The zero-order valence-corrected chi connectivity index (χ0v) is 10.8. The van der Waals surface area contributed by atoms with Gasteiger partial charge in [0.1, 0.15) is 11.4 Å². The minimum atomic E-state index is -0.724. The van der Waals surface area contributed by atoms with Crippen LogP contribution in [0.4, 0.5) is 5.82 Å². The Morgan fingerprint density at radius 1 is 1.44 bits per heavy atom. The molecule has 2 N–H and O–H groups in total. The topological polar surface area (TPSA) is 63.2 Å². The van der Waals surface area contributed by atoms with Gasteiger partial charge in [-0.1, -0.05) is 6.07 Å². The average Bonchev–Trinajstić information content (AvgIpc) is 2.42. The van der Waals surface area contributed by atoms with Gasteiger partial charge in [0.15, 0.2) is 0 Å². The molecule has 0 spiro atoms. The van der Waals surface area contributed by atoms with E-state index >= 15 is 0 Å². The summed E-state index contributed by atoms with van der Waals surface area (Å²) in [5, 5.41) is 6.05. The van der Waals surface area contributed by atoms with Crippen molar-refractivity contribution in [1.29, 1.82) is 0 Å². The fraction of sp³-hybridized carbons (Fsp3) is 0.538. The number of carbonyl (C=O) groups excluding carboxylic acids is 1. The third-order valence-electron chi connectivity index (χ3n) is 3.37. The molecule has 2 rings (SSSR count). The number of anilines is 1. The molecule has 5 heteroatoms. The van der Waals surface area contributed by atoms with Crippen LogP contribution >= 0.6 is 0 Å². The lowest BCUT2D eigenvalue weighted by Gasteiger charge is -2.34. The molecular weight excluding hydrogens is 230 g/mol. The summed E-state index contributed by atoms with van der Waals surface area (Å²) >= 11 is 0. The van der Waals surface area contributed by atoms with Crippen LogP contribution in [0.2, 0.25) is 0 Å². The molecule has 1 amide bonds. The molecule has 98 valence electrons. The monoisotopic (exact) mass is 249 g/mol. The van der Waals surface area contributed by atoms with Crippen molar-refractivity contribution in [3.05, 3.63) is 23.9 Å². The average molecular weight is 249 g/mol. The summed E-state index contributed by atoms with van der Waals surface area (Å²) in [6.45, 7) is 3.55. The number of rotatable bonds is 3. The Bertz CT molecular complexity index is 411. The van der Waals surface area contributed by atoms with Crippen LogP contribution in [0.5, 0.6) is 0 Å². The molecule has 1 aromatic rings. The number of pyridine rings is 1. The van der Waals surface area contributed by atoms with E-state index in [9.17, 15) is 4.79 Å². The number of aromatic nitrogens is 1. The van der Waals surface area contributed by atoms with E-state index in [1.54, 1.807) is 19.4 Å². The molecule has 1 saturated heterocycles. The van der Waals surface area contributed by atoms with Crippen molar-refractivity contribution in [3.8, 4) is 0 Å². The number of piperidine rings is 1. The fourth-order valence-corrected chi connectivity index (χ4v) is 2.13. The quantitative estimate of drug-likeness (QED) is 0.842. The van der Waals surface area contributed by atoms with Gasteiger partial charge >= 0.3 is 0 Å². The highest BCUT2D eigenvalue weighted by molar-refractivity contribution is 5.96. The molecule has 1 aliphatic rings. The molecule has 0 radical (unpaired) electrons. The van der Waals surface area contributed by atoms with Gasteiger partial charge in [0, 0.05) is 13.3 Å². The highest BCUT2D eigenvalue weighted by atomic mass is 16.5. The van der Waals surface area contributed by atoms with Gasteiger partial charge < -0.3 is 15.4 Å². The van der Waals surface area contributed by atoms with Crippen LogP contribution in [0, 0.1) is 6.92 Å². The molecule has 0 atom stereocenters. The minimum absolute atomic E-state index is 0.108. The molecule has 1 fully saturated rings. The molecule has 0 bridgehead atoms. The summed E-state index contributed by atoms with van der Waals surface area (Å²) in [5.41, 5.74) is 0.342. The Morgan fingerprint density at radius 2 is 2.17 bits per heavy atom. The number of carbonyl (C=O) groups is 1. The van der Waals surface area contributed by atoms with E-state index < -0.39 is 5.60 Å². The second-order valence-corrected chi connectivity index (χ2v) is 4.62. The molecule has 1 aliphatic heterocycles. The van der Waals surface area contributed by atoms with E-state index in [2.05, 4.69) is 15.6 Å². The maximum atomic E-state index is 12.3. The summed E-state index contributed by atoms with van der Waals surface area (Å²) in [6, 6.07) is 3.72. The van der Waals surface area contributed by atoms with Crippen LogP contribution in [0.1, 0.15) is 18.4 Å². The van der Waals surface area contributed by atoms with Gasteiger partial charge in [-0.25, -0.2) is 4.98 Å². The molecule has 1 aromatic heterocycles. The Balaban J connectivity index is 2.07. The standard InChI is InChI=1S/C13H19N3O2/c1-10-3-4-11(15-9-10)16-12(17)13(18-2)5-7-14-8-6-13/h3-4,9,14H,5-8H2,1-2H3,(H,15,16,17). The Kier molecular flexibility index (Phi) is 3.93. The Morgan fingerprint density at radius 3 is 2.72 bits per heavy atom. The first kappa shape index (κ1) is 13.0. The lowest BCUT2D eigenvalue weighted by Crippen LogP contribution is -2.51. The largest absolute Gasteiger partial charge is 0.368 e. The molecule has 0 unspecified atom stereocenters. The second-order valence-electron chi connectivity index (χ2n) is 4.62. The first-order valence-corrected chi connectivity index (χ1v) is 6.16. The second kappa shape index (κ2) is 5.46. The summed E-state index contributed by atoms with van der Waals surface area (Å²) in [4.78, 5) is 16.5. The number of amides is 1. The van der Waals surface area contributed by atoms with Gasteiger partial charge in [-0.05, 0) is 44.5 Å². The van der Waals surface area contributed by atoms with E-state index in [0.29, 0.717) is 18.7 Å². The summed E-state index contributed by atoms with van der Waals surface area (Å²) in [7, 11) is 1.59. The molecule has 0 aliphatic carbocycles. The predicted molar refractivity (Wildman–Crippen MR) is 69.4 cm³/mol. The van der Waals surface area contributed by atoms with Crippen LogP contribution in [0.25, 0.3) is 0 Å². The number of hydrogen-bond donors (Lipinski definition) is 2. The van der Waals surface area contributed by atoms with Crippen molar-refractivity contribution >= 4 is 11.7 Å². The van der Waals surface area contributed by atoms with Gasteiger partial charge in [0.2, 0.25) is 0 Å². The molecule has 2 heterocycles. The predicted octanol–water partition coefficient (Wildman–Crippen LogP) is 1.10. The zero-order chi connectivity index (χ0) is 13.0. The van der Waals surface area contributed by atoms with E-state index in [0.717, 1.165) is 18.7 Å². The molecule has 0 saturated carbocycles. The third-order valence-corrected chi connectivity index (χ3v) is 3.37. The highest BCUT2D eigenvalue weighted by Gasteiger charge is 2.39. The van der Waals surface area contributed by atoms with E-state index in [1.807, 2.05) is 13.0 Å². The van der Waals surface area contributed by atoms with Crippen LogP contribution in [0.3, 0.4) is 0 Å². The van der Waals surface area contributed by atoms with E-state index in [1.165, 1.54) is 0 Å². The van der Waals surface area contributed by atoms with Gasteiger partial charge in [-0.15, -0.1) is 0 Å². The van der Waals surface area contributed by atoms with Crippen molar-refractivity contribution < 1.29 is 9.53 Å². The first-order valence-electron chi connectivity index (χ1n) is 6.16. The number of aryl methyl sites for hydroxylation is 1. The lowest BCUT2D eigenvalue weighted by molar-refractivity contribution is -0.140. The molecule has 0 aromatic carbocycles. The van der Waals surface area contributed by atoms with Crippen LogP contribution in [-0.2, 0) is 9.53 Å². The summed E-state index contributed by atoms with van der Waals surface area (Å²) < 4.78 is 5.46. The number of ether oxygens (including phenoxy) is 1. The summed E-state index contributed by atoms with van der Waals surface area (Å²) in [6.07, 6.45) is 3.10. The first-order chi connectivity index (χ1) is 8.66. The maximum absolute atomic E-state index is 12.3. The molecule has 18 heavy (non-hydrogen) atoms. The van der Waals surface area contributed by atoms with Crippen molar-refractivity contribution in [2.24, 2.45) is 0 Å². The zero-order valence-electron chi connectivity index (χ0n) is 10.8. The van der Waals surface area contributed by atoms with Crippen molar-refractivity contribution in [1.82, 2.24) is 10.3 Å². The fourth-order valence-electron chi connectivity index (χ4n) is 2.13. The van der Waals surface area contributed by atoms with E-state index in [-0.39, 0.29) is 5.91 Å². The minimum Gasteiger partial charge on any atom is -0.368 e. The highest BCUT2D eigenvalue weighted by Crippen LogP contribution is 2.24. The third kappa shape index (κ3) is 2.68. The van der Waals surface area contributed by atoms with Crippen LogP contribution < -0.4 is 10.6 Å². The van der Waals surface area contributed by atoms with Gasteiger partial charge in [-0.2, -0.15) is 0 Å². The number of hydrogen-bond acceptors (Lipinski definition) is 4. The SMILES string of the molecule is COC1(C(=O)Nc2ccc(C)cn2)CCNCC1. The molecule has 5 nitrogen and oxygen atoms in total. The number of nitrogens with zero attached hydrogens (tertiary/aromatic N) is 1. The normalized spacial score (nSPS) is 18.3. The van der Waals surface area contributed by atoms with Crippen molar-refractivity contribution in [3.63, 3.8) is 0 Å². The summed E-state index contributed by atoms with van der Waals surface area (Å²) in [5.74, 6) is 0.461. The van der Waals surface area contributed by atoms with Gasteiger partial charge in [0.25, 0.3) is 5.91 Å². The maximum Gasteiger partial charge on any atom is 0.257 e. The molecular formula is C13H19N3O2. The smallest absolute Gasteiger partial charge is 0.257 e. The van der Waals surface area contributed by atoms with Crippen molar-refractivity contribution in [2.45, 2.75) is 25.4 Å². The number of methoxy groups -OCH3 is 1. The number of nitrogens with one attached hydrogen (secondary N) is 2. The Labute approximate surface area is 107 Å². The van der Waals surface area contributed by atoms with Crippen LogP contribution in [0.15, 0.2) is 18.3 Å². The van der Waals surface area contributed by atoms with Gasteiger partial charge in [0.05, 0.1) is 0 Å². The van der Waals surface area contributed by atoms with E-state index in [4.69, 9.17) is 4.74 Å². The van der Waals surface area contributed by atoms with Gasteiger partial charge in [-0.3, -0.25) is 4.79 Å².